The van der Waals surface area contributed by atoms with Crippen molar-refractivity contribution >= 4 is 5.91 Å². The highest BCUT2D eigenvalue weighted by molar-refractivity contribution is 5.76. The Hall–Kier alpha value is -1.17. The summed E-state index contributed by atoms with van der Waals surface area (Å²) >= 11 is 0. The summed E-state index contributed by atoms with van der Waals surface area (Å²) in [6.45, 7) is 4.13. The van der Waals surface area contributed by atoms with E-state index in [2.05, 4.69) is 43.5 Å². The fourth-order valence-corrected chi connectivity index (χ4v) is 7.33. The summed E-state index contributed by atoms with van der Waals surface area (Å²) in [6, 6.07) is -0.822. The number of aliphatic hydroxyl groups excluding tert-OH is 3. The molecule has 0 aliphatic rings. The van der Waals surface area contributed by atoms with Crippen molar-refractivity contribution in [2.45, 2.75) is 270 Å². The summed E-state index contributed by atoms with van der Waals surface area (Å²) in [5.41, 5.74) is 0. The topological polar surface area (TPSA) is 89.8 Å². The van der Waals surface area contributed by atoms with Gasteiger partial charge in [0.05, 0.1) is 18.8 Å². The fourth-order valence-electron chi connectivity index (χ4n) is 7.33. The van der Waals surface area contributed by atoms with Gasteiger partial charge in [0.25, 0.3) is 0 Å². The molecular formula is C48H93NO4. The third-order valence-corrected chi connectivity index (χ3v) is 11.0. The van der Waals surface area contributed by atoms with Crippen LogP contribution in [0.2, 0.25) is 0 Å². The monoisotopic (exact) mass is 748 g/mol. The molecule has 0 aromatic carbocycles. The normalized spacial score (nSPS) is 13.7. The van der Waals surface area contributed by atoms with Gasteiger partial charge in [-0.2, -0.15) is 0 Å². The predicted octanol–water partition coefficient (Wildman–Crippen LogP) is 13.8. The van der Waals surface area contributed by atoms with Gasteiger partial charge in [-0.15, -0.1) is 0 Å². The van der Waals surface area contributed by atoms with Crippen molar-refractivity contribution in [2.24, 2.45) is 0 Å². The number of rotatable bonds is 43. The molecule has 5 nitrogen and oxygen atoms in total. The van der Waals surface area contributed by atoms with Crippen molar-refractivity contribution in [3.63, 3.8) is 0 Å². The van der Waals surface area contributed by atoms with Gasteiger partial charge in [0.1, 0.15) is 6.10 Å². The Kier molecular flexibility index (Phi) is 42.6. The van der Waals surface area contributed by atoms with Crippen LogP contribution < -0.4 is 5.32 Å². The van der Waals surface area contributed by atoms with Gasteiger partial charge in [0.2, 0.25) is 5.91 Å². The average Bonchev–Trinajstić information content (AvgIpc) is 3.16. The van der Waals surface area contributed by atoms with Crippen molar-refractivity contribution < 1.29 is 20.1 Å². The minimum absolute atomic E-state index is 0.154. The number of carbonyl (C=O) groups excluding carboxylic acids is 1. The number of amides is 1. The SMILES string of the molecule is CCCCCC/C=C/CCCC(O)C(O)C(CO)NC(=O)CCCCCCCCCCCCCCCC/C=C\CCCCCCCCCCCCCC. The molecule has 0 rings (SSSR count). The molecule has 0 aromatic rings. The van der Waals surface area contributed by atoms with Crippen molar-refractivity contribution in [1.82, 2.24) is 5.32 Å². The van der Waals surface area contributed by atoms with E-state index in [9.17, 15) is 20.1 Å². The third-order valence-electron chi connectivity index (χ3n) is 11.0. The van der Waals surface area contributed by atoms with Crippen LogP contribution in [0.1, 0.15) is 251 Å². The molecular weight excluding hydrogens is 655 g/mol. The molecule has 0 spiro atoms. The summed E-state index contributed by atoms with van der Waals surface area (Å²) < 4.78 is 0. The second-order valence-electron chi connectivity index (χ2n) is 16.3. The van der Waals surface area contributed by atoms with E-state index in [1.54, 1.807) is 0 Å². The molecule has 53 heavy (non-hydrogen) atoms. The third kappa shape index (κ3) is 38.9. The highest BCUT2D eigenvalue weighted by Gasteiger charge is 2.26. The first kappa shape index (κ1) is 51.8. The summed E-state index contributed by atoms with van der Waals surface area (Å²) in [5.74, 6) is -0.154. The van der Waals surface area contributed by atoms with Gasteiger partial charge in [0.15, 0.2) is 0 Å². The molecule has 314 valence electrons. The molecule has 0 aliphatic carbocycles. The number of hydrogen-bond donors (Lipinski definition) is 4. The van der Waals surface area contributed by atoms with Crippen LogP contribution >= 0.6 is 0 Å². The summed E-state index contributed by atoms with van der Waals surface area (Å²) in [5, 5.41) is 33.3. The van der Waals surface area contributed by atoms with E-state index in [0.29, 0.717) is 12.8 Å². The zero-order chi connectivity index (χ0) is 38.7. The van der Waals surface area contributed by atoms with E-state index in [0.717, 1.165) is 38.5 Å². The summed E-state index contributed by atoms with van der Waals surface area (Å²) in [6.07, 6.45) is 53.3. The Balaban J connectivity index is 3.48. The molecule has 0 saturated carbocycles. The van der Waals surface area contributed by atoms with Crippen LogP contribution in [0.25, 0.3) is 0 Å². The molecule has 0 aromatic heterocycles. The van der Waals surface area contributed by atoms with Gasteiger partial charge >= 0.3 is 0 Å². The van der Waals surface area contributed by atoms with Crippen molar-refractivity contribution in [3.8, 4) is 0 Å². The Morgan fingerprint density at radius 3 is 1.11 bits per heavy atom. The second-order valence-corrected chi connectivity index (χ2v) is 16.3. The van der Waals surface area contributed by atoms with Crippen molar-refractivity contribution in [2.75, 3.05) is 6.61 Å². The molecule has 0 bridgehead atoms. The summed E-state index contributed by atoms with van der Waals surface area (Å²) in [4.78, 5) is 12.4. The number of hydrogen-bond acceptors (Lipinski definition) is 4. The number of carbonyl (C=O) groups is 1. The predicted molar refractivity (Wildman–Crippen MR) is 231 cm³/mol. The maximum absolute atomic E-state index is 12.4. The molecule has 4 N–H and O–H groups in total. The quantitative estimate of drug-likeness (QED) is 0.0369. The Morgan fingerprint density at radius 2 is 0.755 bits per heavy atom. The van der Waals surface area contributed by atoms with Gasteiger partial charge < -0.3 is 20.6 Å². The van der Waals surface area contributed by atoms with Crippen LogP contribution in [-0.2, 0) is 4.79 Å². The number of unbranched alkanes of at least 4 members (excludes halogenated alkanes) is 31. The molecule has 3 unspecified atom stereocenters. The van der Waals surface area contributed by atoms with Crippen molar-refractivity contribution in [1.29, 1.82) is 0 Å². The van der Waals surface area contributed by atoms with Crippen LogP contribution in [0.3, 0.4) is 0 Å². The number of nitrogens with one attached hydrogen (secondary N) is 1. The first-order chi connectivity index (χ1) is 26.1. The fraction of sp³-hybridized carbons (Fsp3) is 0.896. The lowest BCUT2D eigenvalue weighted by Gasteiger charge is -2.26. The first-order valence-corrected chi connectivity index (χ1v) is 23.6. The molecule has 1 amide bonds. The van der Waals surface area contributed by atoms with Crippen molar-refractivity contribution in [3.05, 3.63) is 24.3 Å². The maximum atomic E-state index is 12.4. The van der Waals surface area contributed by atoms with Gasteiger partial charge in [-0.05, 0) is 64.2 Å². The zero-order valence-electron chi connectivity index (χ0n) is 35.7. The second kappa shape index (κ2) is 43.6. The largest absolute Gasteiger partial charge is 0.394 e. The van der Waals surface area contributed by atoms with Crippen LogP contribution in [0.5, 0.6) is 0 Å². The highest BCUT2D eigenvalue weighted by Crippen LogP contribution is 2.16. The maximum Gasteiger partial charge on any atom is 0.220 e. The Labute approximate surface area is 331 Å². The highest BCUT2D eigenvalue weighted by atomic mass is 16.3. The zero-order valence-corrected chi connectivity index (χ0v) is 35.7. The van der Waals surface area contributed by atoms with E-state index < -0.39 is 18.2 Å². The molecule has 0 saturated heterocycles. The van der Waals surface area contributed by atoms with Crippen LogP contribution in [0.4, 0.5) is 0 Å². The van der Waals surface area contributed by atoms with E-state index >= 15 is 0 Å². The molecule has 5 heteroatoms. The molecule has 0 radical (unpaired) electrons. The minimum Gasteiger partial charge on any atom is -0.394 e. The number of aliphatic hydroxyl groups is 3. The number of allylic oxidation sites excluding steroid dienone is 4. The standard InChI is InChI=1S/C48H93NO4/c1-3-5-7-9-11-13-14-15-16-17-18-19-20-21-22-23-24-25-26-27-28-29-30-31-32-33-35-37-39-41-43-47(52)49-45(44-50)48(53)46(51)42-40-38-36-34-12-10-8-6-4-2/h21-22,34,36,45-46,48,50-51,53H,3-20,23-33,35,37-44H2,1-2H3,(H,49,52)/b22-21-,36-34+. The van der Waals surface area contributed by atoms with Crippen LogP contribution in [0.15, 0.2) is 24.3 Å². The lowest BCUT2D eigenvalue weighted by molar-refractivity contribution is -0.124. The van der Waals surface area contributed by atoms with E-state index in [4.69, 9.17) is 0 Å². The van der Waals surface area contributed by atoms with Gasteiger partial charge in [-0.1, -0.05) is 205 Å². The van der Waals surface area contributed by atoms with E-state index in [1.807, 2.05) is 0 Å². The van der Waals surface area contributed by atoms with Gasteiger partial charge in [-0.25, -0.2) is 0 Å². The molecule has 0 heterocycles. The smallest absolute Gasteiger partial charge is 0.220 e. The first-order valence-electron chi connectivity index (χ1n) is 23.6. The average molecular weight is 748 g/mol. The van der Waals surface area contributed by atoms with Gasteiger partial charge in [0, 0.05) is 6.42 Å². The van der Waals surface area contributed by atoms with Gasteiger partial charge in [-0.3, -0.25) is 4.79 Å². The lowest BCUT2D eigenvalue weighted by Crippen LogP contribution is -2.50. The van der Waals surface area contributed by atoms with E-state index in [1.165, 1.54) is 186 Å². The van der Waals surface area contributed by atoms with Crippen LogP contribution in [-0.4, -0.2) is 46.1 Å². The Bertz CT molecular complexity index is 784. The lowest BCUT2D eigenvalue weighted by atomic mass is 10.0. The molecule has 0 aliphatic heterocycles. The summed E-state index contributed by atoms with van der Waals surface area (Å²) in [7, 11) is 0. The minimum atomic E-state index is -1.15. The molecule has 3 atom stereocenters. The van der Waals surface area contributed by atoms with E-state index in [-0.39, 0.29) is 12.5 Å². The van der Waals surface area contributed by atoms with Crippen LogP contribution in [0, 0.1) is 0 Å². The Morgan fingerprint density at radius 1 is 0.453 bits per heavy atom. The molecule has 0 fully saturated rings.